The van der Waals surface area contributed by atoms with Gasteiger partial charge in [0.15, 0.2) is 0 Å². The van der Waals surface area contributed by atoms with E-state index >= 15 is 0 Å². The number of nitrogens with one attached hydrogen (secondary N) is 1. The molecule has 0 saturated heterocycles. The lowest BCUT2D eigenvalue weighted by Gasteiger charge is -2.06. The highest BCUT2D eigenvalue weighted by Crippen LogP contribution is 2.16. The summed E-state index contributed by atoms with van der Waals surface area (Å²) in [6.07, 6.45) is 3.14. The number of benzene rings is 2. The summed E-state index contributed by atoms with van der Waals surface area (Å²) in [5.41, 5.74) is 2.25. The molecule has 2 rings (SSSR count). The highest BCUT2D eigenvalue weighted by atomic mass is 19.1. The molecule has 0 aromatic heterocycles. The largest absolute Gasteiger partial charge is 0.322 e. The molecule has 3 heteroatoms. The predicted molar refractivity (Wildman–Crippen MR) is 75.2 cm³/mol. The Bertz CT molecular complexity index is 605. The van der Waals surface area contributed by atoms with Crippen LogP contribution in [-0.2, 0) is 4.79 Å². The van der Waals surface area contributed by atoms with Crippen LogP contribution in [0.2, 0.25) is 0 Å². The maximum Gasteiger partial charge on any atom is 0.248 e. The maximum absolute atomic E-state index is 13.1. The lowest BCUT2D eigenvalue weighted by Crippen LogP contribution is -2.09. The molecule has 0 aliphatic rings. The number of anilines is 1. The molecule has 0 heterocycles. The van der Waals surface area contributed by atoms with Gasteiger partial charge in [-0.05, 0) is 36.3 Å². The summed E-state index contributed by atoms with van der Waals surface area (Å²) in [6, 6.07) is 13.8. The zero-order valence-corrected chi connectivity index (χ0v) is 10.6. The van der Waals surface area contributed by atoms with Gasteiger partial charge < -0.3 is 5.32 Å². The summed E-state index contributed by atoms with van der Waals surface area (Å²) in [7, 11) is 0. The number of rotatable bonds is 3. The Kier molecular flexibility index (Phi) is 4.08. The molecule has 2 nitrogen and oxygen atoms in total. The third-order valence-electron chi connectivity index (χ3n) is 2.68. The van der Waals surface area contributed by atoms with Crippen LogP contribution in [0.4, 0.5) is 10.1 Å². The number of hydrogen-bond donors (Lipinski definition) is 1. The van der Waals surface area contributed by atoms with Crippen LogP contribution in [0, 0.1) is 12.7 Å². The Balaban J connectivity index is 2.06. The summed E-state index contributed by atoms with van der Waals surface area (Å²) in [6.45, 7) is 1.82. The number of carbonyl (C=O) groups is 1. The van der Waals surface area contributed by atoms with E-state index in [1.165, 1.54) is 18.2 Å². The average Bonchev–Trinajstić information content (AvgIpc) is 2.42. The molecule has 0 bridgehead atoms. The lowest BCUT2D eigenvalue weighted by molar-refractivity contribution is -0.111. The van der Waals surface area contributed by atoms with Crippen LogP contribution in [0.5, 0.6) is 0 Å². The quantitative estimate of drug-likeness (QED) is 0.831. The fourth-order valence-electron chi connectivity index (χ4n) is 1.64. The molecule has 96 valence electrons. The molecule has 2 aromatic carbocycles. The number of hydrogen-bond acceptors (Lipinski definition) is 1. The van der Waals surface area contributed by atoms with Gasteiger partial charge in [0.2, 0.25) is 5.91 Å². The second kappa shape index (κ2) is 5.96. The number of carbonyl (C=O) groups excluding carboxylic acids is 1. The molecule has 0 saturated carbocycles. The van der Waals surface area contributed by atoms with Crippen molar-refractivity contribution in [3.8, 4) is 0 Å². The van der Waals surface area contributed by atoms with E-state index in [2.05, 4.69) is 5.32 Å². The summed E-state index contributed by atoms with van der Waals surface area (Å²) in [5, 5.41) is 2.66. The average molecular weight is 255 g/mol. The monoisotopic (exact) mass is 255 g/mol. The van der Waals surface area contributed by atoms with Crippen LogP contribution in [0.25, 0.3) is 6.08 Å². The number of amides is 1. The highest BCUT2D eigenvalue weighted by Gasteiger charge is 2.02. The summed E-state index contributed by atoms with van der Waals surface area (Å²) in [4.78, 5) is 11.7. The third-order valence-corrected chi connectivity index (χ3v) is 2.68. The molecule has 2 aromatic rings. The molecule has 0 spiro atoms. The molecular weight excluding hydrogens is 241 g/mol. The van der Waals surface area contributed by atoms with Crippen LogP contribution in [-0.4, -0.2) is 5.91 Å². The zero-order chi connectivity index (χ0) is 13.7. The van der Waals surface area contributed by atoms with Crippen molar-refractivity contribution in [1.29, 1.82) is 0 Å². The predicted octanol–water partition coefficient (Wildman–Crippen LogP) is 3.79. The smallest absolute Gasteiger partial charge is 0.248 e. The lowest BCUT2D eigenvalue weighted by atomic mass is 10.2. The van der Waals surface area contributed by atoms with Crippen molar-refractivity contribution >= 4 is 17.7 Å². The van der Waals surface area contributed by atoms with E-state index in [-0.39, 0.29) is 11.7 Å². The van der Waals surface area contributed by atoms with Gasteiger partial charge in [-0.1, -0.05) is 36.4 Å². The first-order valence-electron chi connectivity index (χ1n) is 5.95. The Morgan fingerprint density at radius 3 is 2.63 bits per heavy atom. The van der Waals surface area contributed by atoms with Crippen molar-refractivity contribution in [2.75, 3.05) is 5.32 Å². The van der Waals surface area contributed by atoms with Gasteiger partial charge in [0.05, 0.1) is 0 Å². The minimum Gasteiger partial charge on any atom is -0.322 e. The maximum atomic E-state index is 13.1. The Morgan fingerprint density at radius 2 is 1.89 bits per heavy atom. The molecule has 0 fully saturated rings. The van der Waals surface area contributed by atoms with Gasteiger partial charge in [-0.3, -0.25) is 4.79 Å². The molecule has 0 aliphatic carbocycles. The first kappa shape index (κ1) is 13.0. The van der Waals surface area contributed by atoms with E-state index in [0.29, 0.717) is 5.69 Å². The van der Waals surface area contributed by atoms with Crippen molar-refractivity contribution in [2.45, 2.75) is 6.92 Å². The van der Waals surface area contributed by atoms with E-state index in [0.717, 1.165) is 11.1 Å². The van der Waals surface area contributed by atoms with E-state index in [1.54, 1.807) is 12.1 Å². The molecule has 0 unspecified atom stereocenters. The fraction of sp³-hybridized carbons (Fsp3) is 0.0625. The minimum atomic E-state index is -0.368. The summed E-state index contributed by atoms with van der Waals surface area (Å²) in [5.74, 6) is -0.648. The normalized spacial score (nSPS) is 10.6. The Hall–Kier alpha value is -2.42. The Labute approximate surface area is 111 Å². The molecular formula is C16H14FNO. The Morgan fingerprint density at radius 1 is 1.16 bits per heavy atom. The van der Waals surface area contributed by atoms with Crippen LogP contribution in [0.15, 0.2) is 54.6 Å². The van der Waals surface area contributed by atoms with Gasteiger partial charge in [0, 0.05) is 11.8 Å². The van der Waals surface area contributed by atoms with Crippen LogP contribution in [0.1, 0.15) is 11.1 Å². The van der Waals surface area contributed by atoms with Gasteiger partial charge >= 0.3 is 0 Å². The first-order chi connectivity index (χ1) is 9.15. The third kappa shape index (κ3) is 3.78. The minimum absolute atomic E-state index is 0.280. The van der Waals surface area contributed by atoms with Crippen molar-refractivity contribution in [1.82, 2.24) is 0 Å². The van der Waals surface area contributed by atoms with Crippen molar-refractivity contribution < 1.29 is 9.18 Å². The summed E-state index contributed by atoms with van der Waals surface area (Å²) < 4.78 is 13.1. The van der Waals surface area contributed by atoms with Crippen LogP contribution in [0.3, 0.4) is 0 Å². The number of aryl methyl sites for hydroxylation is 1. The van der Waals surface area contributed by atoms with Gasteiger partial charge in [-0.25, -0.2) is 4.39 Å². The van der Waals surface area contributed by atoms with Crippen molar-refractivity contribution in [3.05, 3.63) is 71.6 Å². The van der Waals surface area contributed by atoms with Gasteiger partial charge in [-0.15, -0.1) is 0 Å². The van der Waals surface area contributed by atoms with E-state index in [1.807, 2.05) is 37.3 Å². The molecule has 1 N–H and O–H groups in total. The van der Waals surface area contributed by atoms with E-state index in [9.17, 15) is 9.18 Å². The van der Waals surface area contributed by atoms with Gasteiger partial charge in [-0.2, -0.15) is 0 Å². The van der Waals surface area contributed by atoms with Crippen molar-refractivity contribution in [3.63, 3.8) is 0 Å². The second-order valence-corrected chi connectivity index (χ2v) is 4.19. The van der Waals surface area contributed by atoms with Crippen LogP contribution >= 0.6 is 0 Å². The van der Waals surface area contributed by atoms with Gasteiger partial charge in [0.25, 0.3) is 0 Å². The summed E-state index contributed by atoms with van der Waals surface area (Å²) >= 11 is 0. The molecule has 1 amide bonds. The topological polar surface area (TPSA) is 29.1 Å². The molecule has 0 aliphatic heterocycles. The first-order valence-corrected chi connectivity index (χ1v) is 5.95. The SMILES string of the molecule is Cc1ccc(F)cc1NC(=O)/C=C/c1ccccc1. The van der Waals surface area contributed by atoms with Gasteiger partial charge in [0.1, 0.15) is 5.82 Å². The highest BCUT2D eigenvalue weighted by molar-refractivity contribution is 6.02. The standard InChI is InChI=1S/C16H14FNO/c1-12-7-9-14(17)11-15(12)18-16(19)10-8-13-5-3-2-4-6-13/h2-11H,1H3,(H,18,19)/b10-8+. The van der Waals surface area contributed by atoms with E-state index < -0.39 is 0 Å². The molecule has 0 atom stereocenters. The number of halogens is 1. The van der Waals surface area contributed by atoms with Crippen LogP contribution < -0.4 is 5.32 Å². The van der Waals surface area contributed by atoms with E-state index in [4.69, 9.17) is 0 Å². The van der Waals surface area contributed by atoms with Crippen molar-refractivity contribution in [2.24, 2.45) is 0 Å². The molecule has 0 radical (unpaired) electrons. The zero-order valence-electron chi connectivity index (χ0n) is 10.6. The second-order valence-electron chi connectivity index (χ2n) is 4.19. The molecule has 19 heavy (non-hydrogen) atoms. The fourth-order valence-corrected chi connectivity index (χ4v) is 1.64.